The van der Waals surface area contributed by atoms with Gasteiger partial charge in [-0.3, -0.25) is 14.9 Å². The van der Waals surface area contributed by atoms with Crippen molar-refractivity contribution in [1.29, 1.82) is 0 Å². The summed E-state index contributed by atoms with van der Waals surface area (Å²) in [6, 6.07) is 11.6. The molecule has 1 heterocycles. The van der Waals surface area contributed by atoms with Crippen LogP contribution < -0.4 is 5.32 Å². The molecule has 0 saturated carbocycles. The highest BCUT2D eigenvalue weighted by Gasteiger charge is 2.16. The number of nitro groups is 1. The molecule has 0 unspecified atom stereocenters. The number of nitrogens with one attached hydrogen (secondary N) is 2. The van der Waals surface area contributed by atoms with Gasteiger partial charge in [-0.25, -0.2) is 4.98 Å². The summed E-state index contributed by atoms with van der Waals surface area (Å²) in [5.41, 5.74) is 2.35. The average Bonchev–Trinajstić information content (AvgIpc) is 2.97. The zero-order valence-corrected chi connectivity index (χ0v) is 11.4. The fraction of sp³-hybridized carbons (Fsp3) is 0.0667. The maximum atomic E-state index is 12.2. The highest BCUT2D eigenvalue weighted by molar-refractivity contribution is 6.00. The van der Waals surface area contributed by atoms with Gasteiger partial charge in [-0.2, -0.15) is 0 Å². The van der Waals surface area contributed by atoms with E-state index in [4.69, 9.17) is 0 Å². The van der Waals surface area contributed by atoms with Crippen LogP contribution in [0.4, 0.5) is 11.4 Å². The number of H-pyrrole nitrogens is 1. The molecule has 0 spiro atoms. The number of carbonyl (C=O) groups is 1. The Morgan fingerprint density at radius 1 is 1.23 bits per heavy atom. The molecule has 0 fully saturated rings. The standard InChI is InChI=1S/C15H12N4O3/c20-14(8-10-4-1-2-7-13(10)19(21)22)18-12-6-3-5-11-15(12)17-9-16-11/h1-7,9H,8H2,(H,16,17)(H,18,20). The second-order valence-corrected chi connectivity index (χ2v) is 4.72. The molecule has 1 aromatic heterocycles. The van der Waals surface area contributed by atoms with Gasteiger partial charge in [0.1, 0.15) is 5.52 Å². The number of benzene rings is 2. The van der Waals surface area contributed by atoms with Crippen LogP contribution in [0.2, 0.25) is 0 Å². The number of amides is 1. The molecule has 3 aromatic rings. The number of nitrogens with zero attached hydrogens (tertiary/aromatic N) is 2. The molecule has 0 saturated heterocycles. The molecular weight excluding hydrogens is 284 g/mol. The number of rotatable bonds is 4. The normalized spacial score (nSPS) is 10.5. The average molecular weight is 296 g/mol. The van der Waals surface area contributed by atoms with Crippen molar-refractivity contribution in [2.75, 3.05) is 5.32 Å². The van der Waals surface area contributed by atoms with E-state index in [-0.39, 0.29) is 18.0 Å². The Bertz CT molecular complexity index is 857. The van der Waals surface area contributed by atoms with E-state index in [0.717, 1.165) is 5.52 Å². The van der Waals surface area contributed by atoms with Crippen LogP contribution in [0.25, 0.3) is 11.0 Å². The second kappa shape index (κ2) is 5.65. The summed E-state index contributed by atoms with van der Waals surface area (Å²) < 4.78 is 0. The number of anilines is 1. The molecular formula is C15H12N4O3. The summed E-state index contributed by atoms with van der Waals surface area (Å²) in [6.07, 6.45) is 1.47. The zero-order valence-electron chi connectivity index (χ0n) is 11.4. The Kier molecular flexibility index (Phi) is 3.53. The first-order valence-electron chi connectivity index (χ1n) is 6.59. The van der Waals surface area contributed by atoms with Crippen molar-refractivity contribution < 1.29 is 9.72 Å². The molecule has 0 radical (unpaired) electrons. The molecule has 2 aromatic carbocycles. The third-order valence-electron chi connectivity index (χ3n) is 3.26. The van der Waals surface area contributed by atoms with E-state index in [1.165, 1.54) is 6.07 Å². The Morgan fingerprint density at radius 3 is 2.86 bits per heavy atom. The van der Waals surface area contributed by atoms with Gasteiger partial charge in [0.2, 0.25) is 5.91 Å². The Balaban J connectivity index is 1.81. The highest BCUT2D eigenvalue weighted by atomic mass is 16.6. The van der Waals surface area contributed by atoms with Gasteiger partial charge < -0.3 is 10.3 Å². The number of para-hydroxylation sites is 2. The van der Waals surface area contributed by atoms with E-state index < -0.39 is 4.92 Å². The summed E-state index contributed by atoms with van der Waals surface area (Å²) in [5.74, 6) is -0.329. The molecule has 3 rings (SSSR count). The van der Waals surface area contributed by atoms with Crippen LogP contribution >= 0.6 is 0 Å². The first-order chi connectivity index (χ1) is 10.6. The number of imidazole rings is 1. The summed E-state index contributed by atoms with van der Waals surface area (Å²) >= 11 is 0. The lowest BCUT2D eigenvalue weighted by molar-refractivity contribution is -0.385. The van der Waals surface area contributed by atoms with E-state index in [1.54, 1.807) is 36.7 Å². The summed E-state index contributed by atoms with van der Waals surface area (Å²) in [4.78, 5) is 29.7. The predicted molar refractivity (Wildman–Crippen MR) is 81.5 cm³/mol. The van der Waals surface area contributed by atoms with Gasteiger partial charge in [0.25, 0.3) is 5.69 Å². The molecule has 110 valence electrons. The fourth-order valence-corrected chi connectivity index (χ4v) is 2.27. The maximum absolute atomic E-state index is 12.2. The molecule has 7 heteroatoms. The number of nitro benzene ring substituents is 1. The number of fused-ring (bicyclic) bond motifs is 1. The number of aromatic amines is 1. The van der Waals surface area contributed by atoms with Gasteiger partial charge in [0, 0.05) is 11.6 Å². The molecule has 0 aliphatic carbocycles. The van der Waals surface area contributed by atoms with Crippen LogP contribution in [0.1, 0.15) is 5.56 Å². The third-order valence-corrected chi connectivity index (χ3v) is 3.26. The van der Waals surface area contributed by atoms with E-state index in [2.05, 4.69) is 15.3 Å². The minimum absolute atomic E-state index is 0.0596. The quantitative estimate of drug-likeness (QED) is 0.570. The Morgan fingerprint density at radius 2 is 2.05 bits per heavy atom. The topological polar surface area (TPSA) is 101 Å². The SMILES string of the molecule is O=C(Cc1ccccc1[N+](=O)[O-])Nc1cccc2[nH]cnc12. The van der Waals surface area contributed by atoms with Gasteiger partial charge >= 0.3 is 0 Å². The number of aromatic nitrogens is 2. The van der Waals surface area contributed by atoms with Crippen molar-refractivity contribution in [1.82, 2.24) is 9.97 Å². The third kappa shape index (κ3) is 2.64. The lowest BCUT2D eigenvalue weighted by atomic mass is 10.1. The van der Waals surface area contributed by atoms with Crippen molar-refractivity contribution in [2.24, 2.45) is 0 Å². The van der Waals surface area contributed by atoms with Crippen LogP contribution in [0.15, 0.2) is 48.8 Å². The van der Waals surface area contributed by atoms with E-state index >= 15 is 0 Å². The lowest BCUT2D eigenvalue weighted by Gasteiger charge is -2.06. The molecule has 0 bridgehead atoms. The summed E-state index contributed by atoms with van der Waals surface area (Å²) in [6.45, 7) is 0. The molecule has 0 aliphatic rings. The van der Waals surface area contributed by atoms with Crippen LogP contribution in [0, 0.1) is 10.1 Å². The van der Waals surface area contributed by atoms with Crippen molar-refractivity contribution in [3.05, 3.63) is 64.5 Å². The molecule has 0 atom stereocenters. The van der Waals surface area contributed by atoms with Gasteiger partial charge in [-0.05, 0) is 12.1 Å². The second-order valence-electron chi connectivity index (χ2n) is 4.72. The highest BCUT2D eigenvalue weighted by Crippen LogP contribution is 2.21. The predicted octanol–water partition coefficient (Wildman–Crippen LogP) is 2.65. The summed E-state index contributed by atoms with van der Waals surface area (Å²) in [7, 11) is 0. The van der Waals surface area contributed by atoms with Gasteiger partial charge in [0.15, 0.2) is 0 Å². The molecule has 7 nitrogen and oxygen atoms in total. The van der Waals surface area contributed by atoms with Gasteiger partial charge in [-0.1, -0.05) is 24.3 Å². The van der Waals surface area contributed by atoms with Crippen LogP contribution in [0.5, 0.6) is 0 Å². The van der Waals surface area contributed by atoms with Crippen molar-refractivity contribution in [3.63, 3.8) is 0 Å². The monoisotopic (exact) mass is 296 g/mol. The number of hydrogen-bond acceptors (Lipinski definition) is 4. The smallest absolute Gasteiger partial charge is 0.273 e. The van der Waals surface area contributed by atoms with Crippen molar-refractivity contribution in [3.8, 4) is 0 Å². The minimum atomic E-state index is -0.489. The van der Waals surface area contributed by atoms with Crippen LogP contribution in [0.3, 0.4) is 0 Å². The van der Waals surface area contributed by atoms with E-state index in [1.807, 2.05) is 6.07 Å². The number of carbonyl (C=O) groups excluding carboxylic acids is 1. The summed E-state index contributed by atoms with van der Waals surface area (Å²) in [5, 5.41) is 13.7. The van der Waals surface area contributed by atoms with Crippen LogP contribution in [-0.4, -0.2) is 20.8 Å². The first kappa shape index (κ1) is 13.7. The molecule has 22 heavy (non-hydrogen) atoms. The molecule has 0 aliphatic heterocycles. The maximum Gasteiger partial charge on any atom is 0.273 e. The largest absolute Gasteiger partial charge is 0.345 e. The van der Waals surface area contributed by atoms with Crippen molar-refractivity contribution >= 4 is 28.3 Å². The zero-order chi connectivity index (χ0) is 15.5. The fourth-order valence-electron chi connectivity index (χ4n) is 2.27. The molecule has 1 amide bonds. The van der Waals surface area contributed by atoms with E-state index in [9.17, 15) is 14.9 Å². The van der Waals surface area contributed by atoms with Gasteiger partial charge in [0.05, 0.1) is 28.9 Å². The molecule has 2 N–H and O–H groups in total. The van der Waals surface area contributed by atoms with Crippen LogP contribution in [-0.2, 0) is 11.2 Å². The van der Waals surface area contributed by atoms with Gasteiger partial charge in [-0.15, -0.1) is 0 Å². The Hall–Kier alpha value is -3.22. The first-order valence-corrected chi connectivity index (χ1v) is 6.59. The number of hydrogen-bond donors (Lipinski definition) is 2. The lowest BCUT2D eigenvalue weighted by Crippen LogP contribution is -2.15. The minimum Gasteiger partial charge on any atom is -0.345 e. The van der Waals surface area contributed by atoms with Crippen molar-refractivity contribution in [2.45, 2.75) is 6.42 Å². The Labute approximate surface area is 125 Å². The van der Waals surface area contributed by atoms with E-state index in [0.29, 0.717) is 16.8 Å².